The SMILES string of the molecule is Cc1cc(C)c(NC(=O)c2ccc3nc(NC(=O)C4CCC(C)CC4)sc3c2)c(C)c1. The van der Waals surface area contributed by atoms with Crippen molar-refractivity contribution in [1.82, 2.24) is 4.98 Å². The molecule has 6 heteroatoms. The summed E-state index contributed by atoms with van der Waals surface area (Å²) in [5.74, 6) is 0.704. The van der Waals surface area contributed by atoms with E-state index in [-0.39, 0.29) is 17.7 Å². The number of carbonyl (C=O) groups is 2. The van der Waals surface area contributed by atoms with E-state index < -0.39 is 0 Å². The van der Waals surface area contributed by atoms with Gasteiger partial charge in [0.25, 0.3) is 5.91 Å². The number of aromatic nitrogens is 1. The van der Waals surface area contributed by atoms with Gasteiger partial charge in [0.2, 0.25) is 5.91 Å². The molecule has 0 aliphatic heterocycles. The number of aryl methyl sites for hydroxylation is 3. The Morgan fingerprint density at radius 3 is 2.32 bits per heavy atom. The third-order valence-corrected chi connectivity index (χ3v) is 7.12. The van der Waals surface area contributed by atoms with E-state index in [1.165, 1.54) is 16.9 Å². The quantitative estimate of drug-likeness (QED) is 0.510. The third kappa shape index (κ3) is 4.79. The normalized spacial score (nSPS) is 18.7. The summed E-state index contributed by atoms with van der Waals surface area (Å²) in [7, 11) is 0. The lowest BCUT2D eigenvalue weighted by molar-refractivity contribution is -0.121. The van der Waals surface area contributed by atoms with Crippen LogP contribution in [0.4, 0.5) is 10.8 Å². The van der Waals surface area contributed by atoms with Crippen molar-refractivity contribution in [2.75, 3.05) is 10.6 Å². The number of nitrogens with zero attached hydrogens (tertiary/aromatic N) is 1. The molecule has 31 heavy (non-hydrogen) atoms. The Balaban J connectivity index is 1.48. The third-order valence-electron chi connectivity index (χ3n) is 6.18. The molecule has 0 bridgehead atoms. The molecule has 1 saturated carbocycles. The second-order valence-electron chi connectivity index (χ2n) is 8.88. The molecule has 0 radical (unpaired) electrons. The number of hydrogen-bond acceptors (Lipinski definition) is 4. The van der Waals surface area contributed by atoms with E-state index in [9.17, 15) is 9.59 Å². The summed E-state index contributed by atoms with van der Waals surface area (Å²) in [5, 5.41) is 6.64. The second kappa shape index (κ2) is 8.79. The van der Waals surface area contributed by atoms with Gasteiger partial charge in [0.05, 0.1) is 10.2 Å². The Kier molecular flexibility index (Phi) is 6.10. The van der Waals surface area contributed by atoms with E-state index in [2.05, 4.69) is 41.6 Å². The van der Waals surface area contributed by atoms with Crippen LogP contribution in [0.25, 0.3) is 10.2 Å². The number of anilines is 2. The van der Waals surface area contributed by atoms with E-state index in [4.69, 9.17) is 0 Å². The minimum atomic E-state index is -0.146. The van der Waals surface area contributed by atoms with Crippen molar-refractivity contribution in [3.05, 3.63) is 52.6 Å². The highest BCUT2D eigenvalue weighted by molar-refractivity contribution is 7.22. The largest absolute Gasteiger partial charge is 0.322 e. The lowest BCUT2D eigenvalue weighted by Gasteiger charge is -2.24. The van der Waals surface area contributed by atoms with E-state index in [0.717, 1.165) is 52.7 Å². The Hall–Kier alpha value is -2.73. The van der Waals surface area contributed by atoms with Crippen LogP contribution in [0, 0.1) is 32.6 Å². The number of hydrogen-bond donors (Lipinski definition) is 2. The molecular formula is C25H29N3O2S. The van der Waals surface area contributed by atoms with Crippen LogP contribution >= 0.6 is 11.3 Å². The molecule has 2 N–H and O–H groups in total. The average molecular weight is 436 g/mol. The summed E-state index contributed by atoms with van der Waals surface area (Å²) < 4.78 is 0.887. The molecule has 1 aliphatic carbocycles. The number of nitrogens with one attached hydrogen (secondary N) is 2. The van der Waals surface area contributed by atoms with Crippen molar-refractivity contribution < 1.29 is 9.59 Å². The summed E-state index contributed by atoms with van der Waals surface area (Å²) in [6.07, 6.45) is 4.10. The Morgan fingerprint density at radius 2 is 1.65 bits per heavy atom. The molecular weight excluding hydrogens is 406 g/mol. The molecule has 1 fully saturated rings. The van der Waals surface area contributed by atoms with Gasteiger partial charge in [-0.2, -0.15) is 0 Å². The van der Waals surface area contributed by atoms with Crippen LogP contribution in [0.1, 0.15) is 59.7 Å². The molecule has 0 unspecified atom stereocenters. The number of carbonyl (C=O) groups excluding carboxylic acids is 2. The first-order valence-corrected chi connectivity index (χ1v) is 11.7. The molecule has 1 heterocycles. The number of rotatable bonds is 4. The van der Waals surface area contributed by atoms with Gasteiger partial charge in [-0.05, 0) is 81.7 Å². The Labute approximate surface area is 187 Å². The summed E-state index contributed by atoms with van der Waals surface area (Å²) in [4.78, 5) is 30.0. The van der Waals surface area contributed by atoms with Gasteiger partial charge < -0.3 is 10.6 Å². The van der Waals surface area contributed by atoms with Gasteiger partial charge in [-0.15, -0.1) is 0 Å². The zero-order chi connectivity index (χ0) is 22.1. The van der Waals surface area contributed by atoms with Crippen LogP contribution in [0.5, 0.6) is 0 Å². The van der Waals surface area contributed by atoms with Crippen molar-refractivity contribution in [1.29, 1.82) is 0 Å². The van der Waals surface area contributed by atoms with Crippen molar-refractivity contribution in [3.8, 4) is 0 Å². The van der Waals surface area contributed by atoms with Crippen LogP contribution in [-0.2, 0) is 4.79 Å². The lowest BCUT2D eigenvalue weighted by Crippen LogP contribution is -2.26. The molecule has 3 aromatic rings. The molecule has 0 saturated heterocycles. The van der Waals surface area contributed by atoms with Crippen molar-refractivity contribution in [2.45, 2.75) is 53.4 Å². The number of fused-ring (bicyclic) bond motifs is 1. The fourth-order valence-electron chi connectivity index (χ4n) is 4.41. The van der Waals surface area contributed by atoms with Gasteiger partial charge >= 0.3 is 0 Å². The maximum absolute atomic E-state index is 12.9. The maximum atomic E-state index is 12.9. The molecule has 4 rings (SSSR count). The van der Waals surface area contributed by atoms with E-state index in [0.29, 0.717) is 16.6 Å². The fourth-order valence-corrected chi connectivity index (χ4v) is 5.32. The fraction of sp³-hybridized carbons (Fsp3) is 0.400. The number of thiazole rings is 1. The minimum absolute atomic E-state index is 0.0641. The topological polar surface area (TPSA) is 71.1 Å². The van der Waals surface area contributed by atoms with E-state index >= 15 is 0 Å². The van der Waals surface area contributed by atoms with Crippen molar-refractivity contribution in [2.24, 2.45) is 11.8 Å². The predicted molar refractivity (Wildman–Crippen MR) is 128 cm³/mol. The Morgan fingerprint density at radius 1 is 0.968 bits per heavy atom. The van der Waals surface area contributed by atoms with Crippen LogP contribution in [0.2, 0.25) is 0 Å². The first-order chi connectivity index (χ1) is 14.8. The number of amides is 2. The molecule has 2 amide bonds. The summed E-state index contributed by atoms with van der Waals surface area (Å²) in [6, 6.07) is 9.60. The van der Waals surface area contributed by atoms with Crippen LogP contribution < -0.4 is 10.6 Å². The smallest absolute Gasteiger partial charge is 0.255 e. The summed E-state index contributed by atoms with van der Waals surface area (Å²) in [6.45, 7) is 8.30. The standard InChI is InChI=1S/C25H29N3O2S/c1-14-5-7-18(8-6-14)23(29)28-25-26-20-10-9-19(13-21(20)31-25)24(30)27-22-16(3)11-15(2)12-17(22)4/h9-14,18H,5-8H2,1-4H3,(H,27,30)(H,26,28,29). The first kappa shape index (κ1) is 21.5. The highest BCUT2D eigenvalue weighted by Gasteiger charge is 2.25. The summed E-state index contributed by atoms with van der Waals surface area (Å²) in [5.41, 5.74) is 5.50. The van der Waals surface area contributed by atoms with Gasteiger partial charge in [-0.1, -0.05) is 36.0 Å². The van der Waals surface area contributed by atoms with Gasteiger partial charge in [0, 0.05) is 17.2 Å². The monoisotopic (exact) mass is 435 g/mol. The molecule has 1 aromatic heterocycles. The van der Waals surface area contributed by atoms with Crippen LogP contribution in [0.15, 0.2) is 30.3 Å². The number of benzene rings is 2. The van der Waals surface area contributed by atoms with Crippen LogP contribution in [-0.4, -0.2) is 16.8 Å². The lowest BCUT2D eigenvalue weighted by atomic mass is 9.82. The minimum Gasteiger partial charge on any atom is -0.322 e. The second-order valence-corrected chi connectivity index (χ2v) is 9.91. The molecule has 162 valence electrons. The zero-order valence-electron chi connectivity index (χ0n) is 18.5. The first-order valence-electron chi connectivity index (χ1n) is 10.9. The molecule has 5 nitrogen and oxygen atoms in total. The van der Waals surface area contributed by atoms with Gasteiger partial charge in [-0.25, -0.2) is 4.98 Å². The molecule has 2 aromatic carbocycles. The Bertz CT molecular complexity index is 1120. The highest BCUT2D eigenvalue weighted by atomic mass is 32.1. The summed E-state index contributed by atoms with van der Waals surface area (Å²) >= 11 is 1.41. The van der Waals surface area contributed by atoms with Gasteiger partial charge in [0.15, 0.2) is 5.13 Å². The van der Waals surface area contributed by atoms with E-state index in [1.807, 2.05) is 26.0 Å². The highest BCUT2D eigenvalue weighted by Crippen LogP contribution is 2.31. The molecule has 0 spiro atoms. The van der Waals surface area contributed by atoms with Crippen LogP contribution in [0.3, 0.4) is 0 Å². The van der Waals surface area contributed by atoms with Gasteiger partial charge in [0.1, 0.15) is 0 Å². The van der Waals surface area contributed by atoms with Gasteiger partial charge in [-0.3, -0.25) is 9.59 Å². The van der Waals surface area contributed by atoms with Crippen molar-refractivity contribution in [3.63, 3.8) is 0 Å². The molecule has 0 atom stereocenters. The predicted octanol–water partition coefficient (Wildman–Crippen LogP) is 6.24. The van der Waals surface area contributed by atoms with Crippen molar-refractivity contribution >= 4 is 44.2 Å². The maximum Gasteiger partial charge on any atom is 0.255 e. The average Bonchev–Trinajstić information content (AvgIpc) is 3.12. The molecule has 1 aliphatic rings. The van der Waals surface area contributed by atoms with E-state index in [1.54, 1.807) is 6.07 Å². The zero-order valence-corrected chi connectivity index (χ0v) is 19.4.